The monoisotopic (exact) mass is 353 g/mol. The maximum absolute atomic E-state index is 12.2. The van der Waals surface area contributed by atoms with Gasteiger partial charge in [0, 0.05) is 5.69 Å². The van der Waals surface area contributed by atoms with Crippen molar-refractivity contribution in [1.29, 1.82) is 5.26 Å². The summed E-state index contributed by atoms with van der Waals surface area (Å²) in [4.78, 5) is 36.2. The van der Waals surface area contributed by atoms with Crippen molar-refractivity contribution < 1.29 is 9.59 Å². The first kappa shape index (κ1) is 18.9. The molecule has 0 radical (unpaired) electrons. The van der Waals surface area contributed by atoms with Crippen LogP contribution in [0.4, 0.5) is 10.5 Å². The van der Waals surface area contributed by atoms with Gasteiger partial charge in [0.1, 0.15) is 18.2 Å². The number of carbonyl (C=O) groups is 2. The van der Waals surface area contributed by atoms with Crippen LogP contribution in [0.2, 0.25) is 0 Å². The van der Waals surface area contributed by atoms with E-state index >= 15 is 0 Å². The van der Waals surface area contributed by atoms with E-state index in [9.17, 15) is 14.4 Å². The summed E-state index contributed by atoms with van der Waals surface area (Å²) in [6.07, 6.45) is 0. The number of urea groups is 1. The fourth-order valence-corrected chi connectivity index (χ4v) is 2.42. The number of aromatic nitrogens is 2. The molecular weight excluding hydrogens is 334 g/mol. The first-order valence-corrected chi connectivity index (χ1v) is 7.89. The molecule has 8 heteroatoms. The molecule has 134 valence electrons. The lowest BCUT2D eigenvalue weighted by atomic mass is 10.1. The quantitative estimate of drug-likeness (QED) is 0.871. The second-order valence-electron chi connectivity index (χ2n) is 5.98. The number of rotatable bonds is 3. The molecular formula is C18H19N5O3. The van der Waals surface area contributed by atoms with Gasteiger partial charge in [-0.2, -0.15) is 10.4 Å². The molecule has 0 atom stereocenters. The number of imide groups is 1. The first-order valence-electron chi connectivity index (χ1n) is 7.89. The Morgan fingerprint density at radius 1 is 1.23 bits per heavy atom. The molecule has 2 aromatic rings. The summed E-state index contributed by atoms with van der Waals surface area (Å²) in [6.45, 7) is 6.56. The van der Waals surface area contributed by atoms with Crippen molar-refractivity contribution >= 4 is 17.6 Å². The van der Waals surface area contributed by atoms with Crippen LogP contribution in [0.1, 0.15) is 27.9 Å². The van der Waals surface area contributed by atoms with Crippen molar-refractivity contribution in [3.63, 3.8) is 0 Å². The highest BCUT2D eigenvalue weighted by Crippen LogP contribution is 2.15. The summed E-state index contributed by atoms with van der Waals surface area (Å²) in [5.41, 5.74) is 2.70. The van der Waals surface area contributed by atoms with Crippen molar-refractivity contribution in [3.05, 3.63) is 56.5 Å². The maximum atomic E-state index is 12.2. The molecule has 2 N–H and O–H groups in total. The lowest BCUT2D eigenvalue weighted by molar-refractivity contribution is -0.120. The van der Waals surface area contributed by atoms with Crippen LogP contribution in [0, 0.1) is 39.0 Å². The number of aryl methyl sites for hydroxylation is 3. The van der Waals surface area contributed by atoms with Crippen LogP contribution in [0.3, 0.4) is 0 Å². The van der Waals surface area contributed by atoms with Crippen molar-refractivity contribution in [2.45, 2.75) is 34.2 Å². The molecule has 0 saturated carbocycles. The standard InChI is InChI=1S/C18H19N5O3/c1-10-5-6-15(11(2)7-10)20-18(26)21-16(24)9-23-17(25)14(8-19)12(3)13(4)22-23/h5-7H,9H2,1-4H3,(H2,20,21,24,26). The molecule has 1 aromatic heterocycles. The Hall–Kier alpha value is -3.47. The Labute approximate surface area is 150 Å². The van der Waals surface area contributed by atoms with Crippen molar-refractivity contribution in [2.75, 3.05) is 5.32 Å². The number of nitrogens with zero attached hydrogens (tertiary/aromatic N) is 3. The van der Waals surface area contributed by atoms with E-state index in [0.29, 0.717) is 16.9 Å². The van der Waals surface area contributed by atoms with Gasteiger partial charge in [0.05, 0.1) is 5.69 Å². The summed E-state index contributed by atoms with van der Waals surface area (Å²) in [5.74, 6) is -0.714. The molecule has 0 unspecified atom stereocenters. The van der Waals surface area contributed by atoms with E-state index < -0.39 is 24.0 Å². The predicted molar refractivity (Wildman–Crippen MR) is 95.8 cm³/mol. The minimum absolute atomic E-state index is 0.0648. The van der Waals surface area contributed by atoms with Gasteiger partial charge < -0.3 is 5.32 Å². The number of anilines is 1. The van der Waals surface area contributed by atoms with Crippen LogP contribution in [-0.2, 0) is 11.3 Å². The van der Waals surface area contributed by atoms with Crippen LogP contribution in [-0.4, -0.2) is 21.7 Å². The average Bonchev–Trinajstić information content (AvgIpc) is 2.55. The fraction of sp³-hybridized carbons (Fsp3) is 0.278. The molecule has 0 bridgehead atoms. The van der Waals surface area contributed by atoms with Gasteiger partial charge in [-0.05, 0) is 44.9 Å². The SMILES string of the molecule is Cc1ccc(NC(=O)NC(=O)Cn2nc(C)c(C)c(C#N)c2=O)c(C)c1. The molecule has 2 rings (SSSR count). The number of nitrogens with one attached hydrogen (secondary N) is 2. The van der Waals surface area contributed by atoms with E-state index in [4.69, 9.17) is 5.26 Å². The molecule has 0 aliphatic heterocycles. The summed E-state index contributed by atoms with van der Waals surface area (Å²) in [7, 11) is 0. The summed E-state index contributed by atoms with van der Waals surface area (Å²) >= 11 is 0. The Kier molecular flexibility index (Phi) is 5.52. The molecule has 0 fully saturated rings. The number of benzene rings is 1. The summed E-state index contributed by atoms with van der Waals surface area (Å²) in [5, 5.41) is 17.8. The van der Waals surface area contributed by atoms with Crippen molar-refractivity contribution in [3.8, 4) is 6.07 Å². The number of hydrogen-bond acceptors (Lipinski definition) is 5. The second-order valence-corrected chi connectivity index (χ2v) is 5.98. The molecule has 1 heterocycles. The molecule has 26 heavy (non-hydrogen) atoms. The van der Waals surface area contributed by atoms with E-state index in [0.717, 1.165) is 15.8 Å². The fourth-order valence-electron chi connectivity index (χ4n) is 2.42. The average molecular weight is 353 g/mol. The number of carbonyl (C=O) groups excluding carboxylic acids is 2. The zero-order chi connectivity index (χ0) is 19.4. The minimum Gasteiger partial charge on any atom is -0.307 e. The zero-order valence-corrected chi connectivity index (χ0v) is 15.0. The van der Waals surface area contributed by atoms with Gasteiger partial charge in [-0.1, -0.05) is 17.7 Å². The molecule has 1 aromatic carbocycles. The van der Waals surface area contributed by atoms with Gasteiger partial charge in [-0.3, -0.25) is 14.9 Å². The highest BCUT2D eigenvalue weighted by atomic mass is 16.2. The molecule has 3 amide bonds. The normalized spacial score (nSPS) is 10.1. The first-order chi connectivity index (χ1) is 12.2. The smallest absolute Gasteiger partial charge is 0.307 e. The second kappa shape index (κ2) is 7.61. The van der Waals surface area contributed by atoms with E-state index in [1.807, 2.05) is 32.0 Å². The Bertz CT molecular complexity index is 986. The molecule has 0 aliphatic rings. The van der Waals surface area contributed by atoms with E-state index in [-0.39, 0.29) is 5.56 Å². The Morgan fingerprint density at radius 2 is 1.92 bits per heavy atom. The molecule has 8 nitrogen and oxygen atoms in total. The highest BCUT2D eigenvalue weighted by molar-refractivity contribution is 6.01. The van der Waals surface area contributed by atoms with Crippen LogP contribution in [0.15, 0.2) is 23.0 Å². The van der Waals surface area contributed by atoms with Gasteiger partial charge in [0.25, 0.3) is 5.56 Å². The topological polar surface area (TPSA) is 117 Å². The highest BCUT2D eigenvalue weighted by Gasteiger charge is 2.15. The molecule has 0 spiro atoms. The van der Waals surface area contributed by atoms with E-state index in [1.54, 1.807) is 19.9 Å². The number of hydrogen-bond donors (Lipinski definition) is 2. The third kappa shape index (κ3) is 4.13. The third-order valence-corrected chi connectivity index (χ3v) is 3.92. The third-order valence-electron chi connectivity index (χ3n) is 3.92. The number of nitriles is 1. The lowest BCUT2D eigenvalue weighted by Gasteiger charge is -2.11. The van der Waals surface area contributed by atoms with Crippen molar-refractivity contribution in [2.24, 2.45) is 0 Å². The lowest BCUT2D eigenvalue weighted by Crippen LogP contribution is -2.40. The van der Waals surface area contributed by atoms with Gasteiger partial charge in [0.2, 0.25) is 5.91 Å². The van der Waals surface area contributed by atoms with Gasteiger partial charge in [-0.25, -0.2) is 9.48 Å². The van der Waals surface area contributed by atoms with E-state index in [2.05, 4.69) is 15.7 Å². The summed E-state index contributed by atoms with van der Waals surface area (Å²) in [6, 6.07) is 6.59. The van der Waals surface area contributed by atoms with Crippen LogP contribution >= 0.6 is 0 Å². The van der Waals surface area contributed by atoms with Crippen LogP contribution < -0.4 is 16.2 Å². The zero-order valence-electron chi connectivity index (χ0n) is 15.0. The van der Waals surface area contributed by atoms with Crippen molar-refractivity contribution in [1.82, 2.24) is 15.1 Å². The van der Waals surface area contributed by atoms with Gasteiger partial charge in [0.15, 0.2) is 0 Å². The van der Waals surface area contributed by atoms with Gasteiger partial charge >= 0.3 is 6.03 Å². The van der Waals surface area contributed by atoms with Crippen LogP contribution in [0.25, 0.3) is 0 Å². The number of amides is 3. The Balaban J connectivity index is 2.10. The minimum atomic E-state index is -0.714. The summed E-state index contributed by atoms with van der Waals surface area (Å²) < 4.78 is 0.876. The van der Waals surface area contributed by atoms with Gasteiger partial charge in [-0.15, -0.1) is 0 Å². The maximum Gasteiger partial charge on any atom is 0.325 e. The molecule has 0 saturated heterocycles. The predicted octanol–water partition coefficient (Wildman–Crippen LogP) is 1.70. The largest absolute Gasteiger partial charge is 0.325 e. The van der Waals surface area contributed by atoms with Crippen LogP contribution in [0.5, 0.6) is 0 Å². The van der Waals surface area contributed by atoms with E-state index in [1.165, 1.54) is 0 Å². The molecule has 0 aliphatic carbocycles. The Morgan fingerprint density at radius 3 is 2.54 bits per heavy atom.